The average molecular weight is 355 g/mol. The SMILES string of the molecule is Cc1nnc(SCC(=O)N2CCN(Cc3cccs3)CC2)s1. The molecule has 3 heterocycles. The van der Waals surface area contributed by atoms with Gasteiger partial charge in [0.25, 0.3) is 0 Å². The van der Waals surface area contributed by atoms with Gasteiger partial charge in [0.05, 0.1) is 5.75 Å². The first kappa shape index (κ1) is 15.9. The van der Waals surface area contributed by atoms with Crippen molar-refractivity contribution in [1.82, 2.24) is 20.0 Å². The van der Waals surface area contributed by atoms with Crippen LogP contribution in [0.15, 0.2) is 21.9 Å². The van der Waals surface area contributed by atoms with E-state index in [0.29, 0.717) is 5.75 Å². The van der Waals surface area contributed by atoms with Crippen molar-refractivity contribution in [3.05, 3.63) is 27.4 Å². The first-order chi connectivity index (χ1) is 10.7. The van der Waals surface area contributed by atoms with E-state index in [1.165, 1.54) is 16.6 Å². The third-order valence-electron chi connectivity index (χ3n) is 3.51. The van der Waals surface area contributed by atoms with Gasteiger partial charge in [-0.15, -0.1) is 21.5 Å². The van der Waals surface area contributed by atoms with Crippen LogP contribution >= 0.6 is 34.4 Å². The van der Waals surface area contributed by atoms with Gasteiger partial charge in [-0.2, -0.15) is 0 Å². The summed E-state index contributed by atoms with van der Waals surface area (Å²) in [6.07, 6.45) is 0. The Bertz CT molecular complexity index is 605. The summed E-state index contributed by atoms with van der Waals surface area (Å²) in [6, 6.07) is 4.26. The number of carbonyl (C=O) groups is 1. The van der Waals surface area contributed by atoms with Crippen molar-refractivity contribution >= 4 is 40.3 Å². The summed E-state index contributed by atoms with van der Waals surface area (Å²) in [6.45, 7) is 6.47. The maximum absolute atomic E-state index is 12.2. The zero-order valence-corrected chi connectivity index (χ0v) is 14.8. The molecule has 0 spiro atoms. The van der Waals surface area contributed by atoms with Crippen molar-refractivity contribution in [3.8, 4) is 0 Å². The first-order valence-corrected chi connectivity index (χ1v) is 9.84. The van der Waals surface area contributed by atoms with E-state index in [1.807, 2.05) is 11.8 Å². The highest BCUT2D eigenvalue weighted by molar-refractivity contribution is 8.01. The summed E-state index contributed by atoms with van der Waals surface area (Å²) in [5, 5.41) is 11.1. The number of piperazine rings is 1. The second-order valence-corrected chi connectivity index (χ2v) is 8.55. The lowest BCUT2D eigenvalue weighted by Gasteiger charge is -2.34. The zero-order chi connectivity index (χ0) is 15.4. The van der Waals surface area contributed by atoms with Crippen LogP contribution in [0.3, 0.4) is 0 Å². The van der Waals surface area contributed by atoms with Crippen LogP contribution in [-0.4, -0.2) is 57.8 Å². The van der Waals surface area contributed by atoms with E-state index in [2.05, 4.69) is 32.6 Å². The molecule has 0 aromatic carbocycles. The van der Waals surface area contributed by atoms with Crippen molar-refractivity contribution in [2.24, 2.45) is 0 Å². The van der Waals surface area contributed by atoms with Gasteiger partial charge in [0, 0.05) is 37.6 Å². The topological polar surface area (TPSA) is 49.3 Å². The number of thioether (sulfide) groups is 1. The molecule has 1 aliphatic rings. The maximum atomic E-state index is 12.2. The molecule has 1 aliphatic heterocycles. The Kier molecular flexibility index (Phi) is 5.46. The standard InChI is InChI=1S/C14H18N4OS3/c1-11-15-16-14(22-11)21-10-13(19)18-6-4-17(5-7-18)9-12-3-2-8-20-12/h2-3,8H,4-7,9-10H2,1H3. The van der Waals surface area contributed by atoms with E-state index in [4.69, 9.17) is 0 Å². The quantitative estimate of drug-likeness (QED) is 0.772. The van der Waals surface area contributed by atoms with Gasteiger partial charge in [-0.25, -0.2) is 0 Å². The average Bonchev–Trinajstić information content (AvgIpc) is 3.17. The first-order valence-electron chi connectivity index (χ1n) is 7.16. The molecule has 22 heavy (non-hydrogen) atoms. The summed E-state index contributed by atoms with van der Waals surface area (Å²) in [5.41, 5.74) is 0. The highest BCUT2D eigenvalue weighted by atomic mass is 32.2. The van der Waals surface area contributed by atoms with E-state index >= 15 is 0 Å². The molecular formula is C14H18N4OS3. The Labute approximate surface area is 142 Å². The number of hydrogen-bond acceptors (Lipinski definition) is 7. The molecule has 3 rings (SSSR count). The molecule has 0 bridgehead atoms. The van der Waals surface area contributed by atoms with Gasteiger partial charge in [-0.1, -0.05) is 29.2 Å². The number of amides is 1. The van der Waals surface area contributed by atoms with E-state index in [0.717, 1.165) is 42.1 Å². The van der Waals surface area contributed by atoms with E-state index < -0.39 is 0 Å². The molecule has 2 aromatic heterocycles. The lowest BCUT2D eigenvalue weighted by atomic mass is 10.3. The summed E-state index contributed by atoms with van der Waals surface area (Å²) in [5.74, 6) is 0.660. The Morgan fingerprint density at radius 3 is 2.77 bits per heavy atom. The van der Waals surface area contributed by atoms with Crippen molar-refractivity contribution in [1.29, 1.82) is 0 Å². The third-order valence-corrected chi connectivity index (χ3v) is 6.33. The lowest BCUT2D eigenvalue weighted by Crippen LogP contribution is -2.48. The maximum Gasteiger partial charge on any atom is 0.233 e. The summed E-state index contributed by atoms with van der Waals surface area (Å²) < 4.78 is 0.877. The van der Waals surface area contributed by atoms with Gasteiger partial charge in [0.1, 0.15) is 5.01 Å². The van der Waals surface area contributed by atoms with Crippen molar-refractivity contribution < 1.29 is 4.79 Å². The largest absolute Gasteiger partial charge is 0.339 e. The molecule has 0 unspecified atom stereocenters. The van der Waals surface area contributed by atoms with Gasteiger partial charge in [-0.3, -0.25) is 9.69 Å². The molecule has 0 N–H and O–H groups in total. The molecule has 0 aliphatic carbocycles. The molecule has 118 valence electrons. The fraction of sp³-hybridized carbons (Fsp3) is 0.500. The molecule has 1 saturated heterocycles. The lowest BCUT2D eigenvalue weighted by molar-refractivity contribution is -0.130. The van der Waals surface area contributed by atoms with Crippen molar-refractivity contribution in [2.75, 3.05) is 31.9 Å². The monoisotopic (exact) mass is 354 g/mol. The molecule has 0 radical (unpaired) electrons. The molecule has 1 amide bonds. The zero-order valence-electron chi connectivity index (χ0n) is 12.4. The van der Waals surface area contributed by atoms with Crippen LogP contribution < -0.4 is 0 Å². The van der Waals surface area contributed by atoms with Crippen LogP contribution in [0.4, 0.5) is 0 Å². The van der Waals surface area contributed by atoms with Gasteiger partial charge in [-0.05, 0) is 18.4 Å². The van der Waals surface area contributed by atoms with Gasteiger partial charge < -0.3 is 4.90 Å². The number of nitrogens with zero attached hydrogens (tertiary/aromatic N) is 4. The normalized spacial score (nSPS) is 16.1. The minimum atomic E-state index is 0.202. The van der Waals surface area contributed by atoms with Gasteiger partial charge >= 0.3 is 0 Å². The molecule has 8 heteroatoms. The third kappa shape index (κ3) is 4.28. The van der Waals surface area contributed by atoms with Crippen LogP contribution in [0.1, 0.15) is 9.88 Å². The minimum absolute atomic E-state index is 0.202. The highest BCUT2D eigenvalue weighted by Gasteiger charge is 2.21. The Morgan fingerprint density at radius 1 is 1.32 bits per heavy atom. The number of aryl methyl sites for hydroxylation is 1. The Morgan fingerprint density at radius 2 is 2.14 bits per heavy atom. The minimum Gasteiger partial charge on any atom is -0.339 e. The Balaban J connectivity index is 1.41. The van der Waals surface area contributed by atoms with Crippen LogP contribution in [0, 0.1) is 6.92 Å². The summed E-state index contributed by atoms with van der Waals surface area (Å²) in [4.78, 5) is 18.0. The number of carbonyl (C=O) groups excluding carboxylic acids is 1. The molecular weight excluding hydrogens is 336 g/mol. The van der Waals surface area contributed by atoms with Crippen molar-refractivity contribution in [2.45, 2.75) is 17.8 Å². The van der Waals surface area contributed by atoms with Gasteiger partial charge in [0.15, 0.2) is 4.34 Å². The molecule has 1 fully saturated rings. The number of rotatable bonds is 5. The second kappa shape index (κ2) is 7.54. The Hall–Kier alpha value is -0.960. The highest BCUT2D eigenvalue weighted by Crippen LogP contribution is 2.22. The number of aromatic nitrogens is 2. The molecule has 2 aromatic rings. The number of thiophene rings is 1. The van der Waals surface area contributed by atoms with Crippen LogP contribution in [-0.2, 0) is 11.3 Å². The fourth-order valence-corrected chi connectivity index (χ4v) is 4.79. The van der Waals surface area contributed by atoms with Crippen molar-refractivity contribution in [3.63, 3.8) is 0 Å². The predicted octanol–water partition coefficient (Wildman–Crippen LogP) is 2.34. The molecule has 5 nitrogen and oxygen atoms in total. The molecule has 0 atom stereocenters. The number of hydrogen-bond donors (Lipinski definition) is 0. The van der Waals surface area contributed by atoms with E-state index in [9.17, 15) is 4.79 Å². The van der Waals surface area contributed by atoms with Crippen LogP contribution in [0.5, 0.6) is 0 Å². The van der Waals surface area contributed by atoms with Crippen LogP contribution in [0.2, 0.25) is 0 Å². The summed E-state index contributed by atoms with van der Waals surface area (Å²) >= 11 is 4.83. The van der Waals surface area contributed by atoms with E-state index in [1.54, 1.807) is 22.7 Å². The van der Waals surface area contributed by atoms with Gasteiger partial charge in [0.2, 0.25) is 5.91 Å². The fourth-order valence-electron chi connectivity index (χ4n) is 2.33. The predicted molar refractivity (Wildman–Crippen MR) is 91.5 cm³/mol. The summed E-state index contributed by atoms with van der Waals surface area (Å²) in [7, 11) is 0. The molecule has 0 saturated carbocycles. The van der Waals surface area contributed by atoms with Crippen LogP contribution in [0.25, 0.3) is 0 Å². The second-order valence-electron chi connectivity index (χ2n) is 5.11. The smallest absolute Gasteiger partial charge is 0.233 e. The van der Waals surface area contributed by atoms with E-state index in [-0.39, 0.29) is 5.91 Å².